The fourth-order valence-electron chi connectivity index (χ4n) is 1.56. The largest absolute Gasteiger partial charge is 0.478 e. The second-order valence-electron chi connectivity index (χ2n) is 3.70. The van der Waals surface area contributed by atoms with Crippen molar-refractivity contribution in [1.29, 1.82) is 0 Å². The first-order chi connectivity index (χ1) is 8.58. The minimum Gasteiger partial charge on any atom is -0.478 e. The molecule has 0 aliphatic rings. The summed E-state index contributed by atoms with van der Waals surface area (Å²) in [6.07, 6.45) is 1.49. The molecule has 0 saturated carbocycles. The summed E-state index contributed by atoms with van der Waals surface area (Å²) in [6.45, 7) is 0. The highest BCUT2D eigenvalue weighted by molar-refractivity contribution is 6.33. The van der Waals surface area contributed by atoms with Gasteiger partial charge in [-0.25, -0.2) is 4.79 Å². The number of carbonyl (C=O) groups is 2. The summed E-state index contributed by atoms with van der Waals surface area (Å²) in [4.78, 5) is 22.7. The summed E-state index contributed by atoms with van der Waals surface area (Å²) in [5.74, 6) is -1.08. The normalized spacial score (nSPS) is 10.3. The van der Waals surface area contributed by atoms with Gasteiger partial charge in [0.15, 0.2) is 5.76 Å². The number of halogens is 1. The van der Waals surface area contributed by atoms with Crippen molar-refractivity contribution in [2.24, 2.45) is 0 Å². The van der Waals surface area contributed by atoms with Crippen LogP contribution >= 0.6 is 11.6 Å². The lowest BCUT2D eigenvalue weighted by molar-refractivity contribution is 0.0696. The molecule has 92 valence electrons. The van der Waals surface area contributed by atoms with Gasteiger partial charge in [0.25, 0.3) is 0 Å². The van der Waals surface area contributed by atoms with Crippen LogP contribution in [0.1, 0.15) is 26.5 Å². The molecule has 1 N–H and O–H groups in total. The smallest absolute Gasteiger partial charge is 0.337 e. The maximum Gasteiger partial charge on any atom is 0.337 e. The zero-order valence-corrected chi connectivity index (χ0v) is 9.98. The fraction of sp³-hybridized carbons (Fsp3) is 0.0769. The summed E-state index contributed by atoms with van der Waals surface area (Å²) in [6, 6.07) is 7.67. The molecule has 0 aliphatic carbocycles. The predicted molar refractivity (Wildman–Crippen MR) is 65.2 cm³/mol. The van der Waals surface area contributed by atoms with Crippen molar-refractivity contribution in [3.8, 4) is 0 Å². The van der Waals surface area contributed by atoms with Crippen molar-refractivity contribution >= 4 is 23.4 Å². The van der Waals surface area contributed by atoms with Crippen molar-refractivity contribution in [2.75, 3.05) is 0 Å². The van der Waals surface area contributed by atoms with Gasteiger partial charge in [-0.2, -0.15) is 0 Å². The molecule has 2 rings (SSSR count). The number of benzene rings is 1. The van der Waals surface area contributed by atoms with Crippen molar-refractivity contribution in [2.45, 2.75) is 6.42 Å². The molecule has 5 heteroatoms. The lowest BCUT2D eigenvalue weighted by Crippen LogP contribution is -2.04. The standard InChI is InChI=1S/C13H9ClO4/c14-10-4-3-8(6-9(10)13(16)17)7-11(15)12-2-1-5-18-12/h1-6H,7H2,(H,16,17). The molecule has 1 aromatic heterocycles. The first kappa shape index (κ1) is 12.4. The van der Waals surface area contributed by atoms with E-state index in [0.717, 1.165) is 0 Å². The molecular formula is C13H9ClO4. The Morgan fingerprint density at radius 1 is 1.28 bits per heavy atom. The zero-order chi connectivity index (χ0) is 13.1. The fourth-order valence-corrected chi connectivity index (χ4v) is 1.75. The average molecular weight is 265 g/mol. The van der Waals surface area contributed by atoms with E-state index in [0.29, 0.717) is 5.56 Å². The molecule has 0 bridgehead atoms. The van der Waals surface area contributed by atoms with Crippen molar-refractivity contribution in [3.05, 3.63) is 58.5 Å². The molecule has 0 amide bonds. The van der Waals surface area contributed by atoms with Gasteiger partial charge >= 0.3 is 5.97 Å². The molecule has 0 unspecified atom stereocenters. The molecule has 1 aromatic carbocycles. The minimum atomic E-state index is -1.12. The van der Waals surface area contributed by atoms with Gasteiger partial charge in [-0.1, -0.05) is 17.7 Å². The number of carboxylic acid groups (broad SMARTS) is 1. The first-order valence-electron chi connectivity index (χ1n) is 5.16. The molecule has 0 fully saturated rings. The van der Waals surface area contributed by atoms with E-state index < -0.39 is 5.97 Å². The number of hydrogen-bond donors (Lipinski definition) is 1. The number of rotatable bonds is 4. The molecule has 0 saturated heterocycles. The number of carbonyl (C=O) groups excluding carboxylic acids is 1. The maximum absolute atomic E-state index is 11.8. The highest BCUT2D eigenvalue weighted by atomic mass is 35.5. The van der Waals surface area contributed by atoms with Gasteiger partial charge in [0, 0.05) is 6.42 Å². The number of furan rings is 1. The van der Waals surface area contributed by atoms with Crippen LogP contribution in [0.2, 0.25) is 5.02 Å². The van der Waals surface area contributed by atoms with E-state index in [1.54, 1.807) is 18.2 Å². The van der Waals surface area contributed by atoms with E-state index >= 15 is 0 Å². The molecule has 0 spiro atoms. The Morgan fingerprint density at radius 3 is 2.67 bits per heavy atom. The van der Waals surface area contributed by atoms with E-state index in [9.17, 15) is 9.59 Å². The summed E-state index contributed by atoms with van der Waals surface area (Å²) in [5, 5.41) is 9.07. The van der Waals surface area contributed by atoms with Gasteiger partial charge in [-0.3, -0.25) is 4.79 Å². The monoisotopic (exact) mass is 264 g/mol. The SMILES string of the molecule is O=C(Cc1ccc(Cl)c(C(=O)O)c1)c1ccco1. The van der Waals surface area contributed by atoms with Crippen LogP contribution < -0.4 is 0 Å². The third-order valence-electron chi connectivity index (χ3n) is 2.42. The Bertz CT molecular complexity index is 587. The van der Waals surface area contributed by atoms with Crippen molar-refractivity contribution in [3.63, 3.8) is 0 Å². The Hall–Kier alpha value is -2.07. The molecule has 0 radical (unpaired) electrons. The third-order valence-corrected chi connectivity index (χ3v) is 2.75. The molecule has 0 atom stereocenters. The van der Waals surface area contributed by atoms with Crippen LogP contribution in [-0.4, -0.2) is 16.9 Å². The lowest BCUT2D eigenvalue weighted by atomic mass is 10.0. The Balaban J connectivity index is 2.22. The van der Waals surface area contributed by atoms with Crippen LogP contribution in [0.15, 0.2) is 41.0 Å². The topological polar surface area (TPSA) is 67.5 Å². The summed E-state index contributed by atoms with van der Waals surface area (Å²) in [7, 11) is 0. The second-order valence-corrected chi connectivity index (χ2v) is 4.10. The van der Waals surface area contributed by atoms with E-state index in [1.165, 1.54) is 18.4 Å². The first-order valence-corrected chi connectivity index (χ1v) is 5.54. The molecule has 18 heavy (non-hydrogen) atoms. The number of hydrogen-bond acceptors (Lipinski definition) is 3. The van der Waals surface area contributed by atoms with Gasteiger partial charge in [-0.05, 0) is 29.8 Å². The summed E-state index contributed by atoms with van der Waals surface area (Å²) >= 11 is 5.74. The van der Waals surface area contributed by atoms with Crippen LogP contribution in [0.4, 0.5) is 0 Å². The molecular weight excluding hydrogens is 256 g/mol. The van der Waals surface area contributed by atoms with Gasteiger partial charge in [0.05, 0.1) is 16.8 Å². The molecule has 2 aromatic rings. The summed E-state index contributed by atoms with van der Waals surface area (Å²) < 4.78 is 4.98. The van der Waals surface area contributed by atoms with Gasteiger partial charge in [0.1, 0.15) is 0 Å². The lowest BCUT2D eigenvalue weighted by Gasteiger charge is -2.03. The number of aromatic carboxylic acids is 1. The number of Topliss-reactive ketones (excluding diaryl/α,β-unsaturated/α-hetero) is 1. The van der Waals surface area contributed by atoms with Crippen LogP contribution in [0.25, 0.3) is 0 Å². The van der Waals surface area contributed by atoms with Gasteiger partial charge in [-0.15, -0.1) is 0 Å². The maximum atomic E-state index is 11.8. The second kappa shape index (κ2) is 5.06. The third kappa shape index (κ3) is 2.60. The Kier molecular flexibility index (Phi) is 3.48. The Labute approximate surface area is 108 Å². The van der Waals surface area contributed by atoms with Crippen LogP contribution in [0, 0.1) is 0 Å². The molecule has 1 heterocycles. The van der Waals surface area contributed by atoms with Crippen molar-refractivity contribution < 1.29 is 19.1 Å². The number of carboxylic acids is 1. The van der Waals surface area contributed by atoms with E-state index in [4.69, 9.17) is 21.1 Å². The summed E-state index contributed by atoms with van der Waals surface area (Å²) in [5.41, 5.74) is 0.569. The minimum absolute atomic E-state index is 0.0126. The van der Waals surface area contributed by atoms with Gasteiger partial charge in [0.2, 0.25) is 5.78 Å². The van der Waals surface area contributed by atoms with Crippen LogP contribution in [0.5, 0.6) is 0 Å². The van der Waals surface area contributed by atoms with E-state index in [1.807, 2.05) is 0 Å². The molecule has 0 aliphatic heterocycles. The molecule has 4 nitrogen and oxygen atoms in total. The Morgan fingerprint density at radius 2 is 2.06 bits per heavy atom. The van der Waals surface area contributed by atoms with Crippen LogP contribution in [-0.2, 0) is 6.42 Å². The van der Waals surface area contributed by atoms with Crippen LogP contribution in [0.3, 0.4) is 0 Å². The zero-order valence-electron chi connectivity index (χ0n) is 9.22. The van der Waals surface area contributed by atoms with Gasteiger partial charge < -0.3 is 9.52 Å². The highest BCUT2D eigenvalue weighted by Crippen LogP contribution is 2.19. The van der Waals surface area contributed by atoms with E-state index in [2.05, 4.69) is 0 Å². The van der Waals surface area contributed by atoms with Crippen molar-refractivity contribution in [1.82, 2.24) is 0 Å². The highest BCUT2D eigenvalue weighted by Gasteiger charge is 2.13. The number of ketones is 1. The predicted octanol–water partition coefficient (Wildman–Crippen LogP) is 3.06. The van der Waals surface area contributed by atoms with E-state index in [-0.39, 0.29) is 28.6 Å². The average Bonchev–Trinajstić information content (AvgIpc) is 2.85. The quantitative estimate of drug-likeness (QED) is 0.862.